The van der Waals surface area contributed by atoms with Crippen LogP contribution in [0.4, 0.5) is 0 Å². The molecule has 0 spiro atoms. The number of methoxy groups -OCH3 is 1. The van der Waals surface area contributed by atoms with Crippen molar-refractivity contribution < 1.29 is 23.9 Å². The summed E-state index contributed by atoms with van der Waals surface area (Å²) in [5, 5.41) is 3.07. The molecule has 2 amide bonds. The van der Waals surface area contributed by atoms with Crippen molar-refractivity contribution in [2.24, 2.45) is 0 Å². The minimum Gasteiger partial charge on any atom is -0.493 e. The Kier molecular flexibility index (Phi) is 9.34. The van der Waals surface area contributed by atoms with Gasteiger partial charge in [-0.15, -0.1) is 0 Å². The molecule has 1 aliphatic carbocycles. The summed E-state index contributed by atoms with van der Waals surface area (Å²) in [4.78, 5) is 39.1. The monoisotopic (exact) mass is 432 g/mol. The van der Waals surface area contributed by atoms with Gasteiger partial charge in [0.05, 0.1) is 13.7 Å². The van der Waals surface area contributed by atoms with Crippen molar-refractivity contribution in [1.82, 2.24) is 10.2 Å². The number of likely N-dealkylation sites (N-methyl/N-ethyl adjacent to an activating group) is 1. The fraction of sp³-hybridized carbons (Fsp3) is 0.625. The molecule has 0 aromatic heterocycles. The third-order valence-electron chi connectivity index (χ3n) is 5.92. The van der Waals surface area contributed by atoms with Gasteiger partial charge in [0.2, 0.25) is 11.8 Å². The number of ether oxygens (including phenoxy) is 2. The molecule has 31 heavy (non-hydrogen) atoms. The van der Waals surface area contributed by atoms with E-state index in [-0.39, 0.29) is 24.0 Å². The minimum absolute atomic E-state index is 0.0390. The lowest BCUT2D eigenvalue weighted by Gasteiger charge is -2.40. The van der Waals surface area contributed by atoms with Gasteiger partial charge in [-0.05, 0) is 58.2 Å². The number of nitrogens with one attached hydrogen (secondary N) is 1. The van der Waals surface area contributed by atoms with Gasteiger partial charge in [-0.3, -0.25) is 14.4 Å². The second kappa shape index (κ2) is 11.7. The highest BCUT2D eigenvalue weighted by molar-refractivity contribution is 5.94. The SMILES string of the molecule is CCN(CC)C(=O)C1(NC(=O)CCCOc2ccc(C(C)=O)cc2OC)CCCCC1. The molecular weight excluding hydrogens is 396 g/mol. The van der Waals surface area contributed by atoms with Crippen molar-refractivity contribution >= 4 is 17.6 Å². The third-order valence-corrected chi connectivity index (χ3v) is 5.92. The standard InChI is InChI=1S/C24H36N2O5/c1-5-26(6-2)23(29)24(14-8-7-9-15-24)25-22(28)11-10-16-31-20-13-12-19(18(3)27)17-21(20)30-4/h12-13,17H,5-11,14-16H2,1-4H3,(H,25,28). The first-order valence-electron chi connectivity index (χ1n) is 11.3. The van der Waals surface area contributed by atoms with Crippen molar-refractivity contribution in [3.05, 3.63) is 23.8 Å². The Morgan fingerprint density at radius 3 is 2.32 bits per heavy atom. The zero-order chi connectivity index (χ0) is 22.9. The van der Waals surface area contributed by atoms with Crippen molar-refractivity contribution in [3.8, 4) is 11.5 Å². The van der Waals surface area contributed by atoms with Crippen LogP contribution in [-0.4, -0.2) is 54.8 Å². The summed E-state index contributed by atoms with van der Waals surface area (Å²) in [6, 6.07) is 5.05. The maximum Gasteiger partial charge on any atom is 0.248 e. The molecule has 7 heteroatoms. The molecule has 0 saturated heterocycles. The van der Waals surface area contributed by atoms with Gasteiger partial charge in [-0.25, -0.2) is 0 Å². The van der Waals surface area contributed by atoms with Crippen LogP contribution >= 0.6 is 0 Å². The summed E-state index contributed by atoms with van der Waals surface area (Å²) < 4.78 is 11.1. The van der Waals surface area contributed by atoms with E-state index in [0.29, 0.717) is 56.0 Å². The predicted molar refractivity (Wildman–Crippen MR) is 120 cm³/mol. The largest absolute Gasteiger partial charge is 0.493 e. The molecule has 1 aromatic rings. The molecule has 0 aliphatic heterocycles. The molecule has 0 unspecified atom stereocenters. The third kappa shape index (κ3) is 6.45. The van der Waals surface area contributed by atoms with Crippen LogP contribution in [0.25, 0.3) is 0 Å². The summed E-state index contributed by atoms with van der Waals surface area (Å²) in [6.07, 6.45) is 5.19. The average molecular weight is 433 g/mol. The fourth-order valence-electron chi connectivity index (χ4n) is 4.11. The Labute approximate surface area is 185 Å². The van der Waals surface area contributed by atoms with Crippen molar-refractivity contribution in [1.29, 1.82) is 0 Å². The Hall–Kier alpha value is -2.57. The number of carbonyl (C=O) groups is 3. The van der Waals surface area contributed by atoms with E-state index in [9.17, 15) is 14.4 Å². The average Bonchev–Trinajstić information content (AvgIpc) is 2.78. The summed E-state index contributed by atoms with van der Waals surface area (Å²) >= 11 is 0. The van der Waals surface area contributed by atoms with Crippen LogP contribution in [0.1, 0.15) is 76.1 Å². The molecule has 1 aliphatic rings. The van der Waals surface area contributed by atoms with Gasteiger partial charge in [-0.2, -0.15) is 0 Å². The van der Waals surface area contributed by atoms with Gasteiger partial charge >= 0.3 is 0 Å². The Bertz CT molecular complexity index is 767. The summed E-state index contributed by atoms with van der Waals surface area (Å²) in [5.41, 5.74) is -0.215. The van der Waals surface area contributed by atoms with E-state index in [0.717, 1.165) is 19.3 Å². The van der Waals surface area contributed by atoms with Crippen molar-refractivity contribution in [2.75, 3.05) is 26.8 Å². The zero-order valence-corrected chi connectivity index (χ0v) is 19.3. The highest BCUT2D eigenvalue weighted by atomic mass is 16.5. The molecular formula is C24H36N2O5. The highest BCUT2D eigenvalue weighted by Gasteiger charge is 2.42. The lowest BCUT2D eigenvalue weighted by atomic mass is 9.80. The molecule has 0 radical (unpaired) electrons. The van der Waals surface area contributed by atoms with Crippen LogP contribution < -0.4 is 14.8 Å². The second-order valence-electron chi connectivity index (χ2n) is 8.04. The van der Waals surface area contributed by atoms with Gasteiger partial charge in [0.25, 0.3) is 0 Å². The predicted octanol–water partition coefficient (Wildman–Crippen LogP) is 3.74. The van der Waals surface area contributed by atoms with E-state index in [1.165, 1.54) is 14.0 Å². The number of benzene rings is 1. The molecule has 172 valence electrons. The van der Waals surface area contributed by atoms with Gasteiger partial charge in [-0.1, -0.05) is 19.3 Å². The van der Waals surface area contributed by atoms with E-state index < -0.39 is 5.54 Å². The zero-order valence-electron chi connectivity index (χ0n) is 19.3. The van der Waals surface area contributed by atoms with Gasteiger partial charge in [0.15, 0.2) is 17.3 Å². The number of nitrogens with zero attached hydrogens (tertiary/aromatic N) is 1. The summed E-state index contributed by atoms with van der Waals surface area (Å²) in [6.45, 7) is 7.05. The fourth-order valence-corrected chi connectivity index (χ4v) is 4.11. The van der Waals surface area contributed by atoms with E-state index in [2.05, 4.69) is 5.32 Å². The first-order valence-corrected chi connectivity index (χ1v) is 11.3. The summed E-state index contributed by atoms with van der Waals surface area (Å²) in [5.74, 6) is 0.899. The lowest BCUT2D eigenvalue weighted by molar-refractivity contribution is -0.143. The number of hydrogen-bond donors (Lipinski definition) is 1. The second-order valence-corrected chi connectivity index (χ2v) is 8.04. The number of amides is 2. The smallest absolute Gasteiger partial charge is 0.248 e. The van der Waals surface area contributed by atoms with E-state index in [1.807, 2.05) is 18.7 Å². The molecule has 0 bridgehead atoms. The summed E-state index contributed by atoms with van der Waals surface area (Å²) in [7, 11) is 1.52. The number of ketones is 1. The number of rotatable bonds is 11. The van der Waals surface area contributed by atoms with Crippen LogP contribution in [0.3, 0.4) is 0 Å². The first kappa shape index (κ1) is 24.7. The van der Waals surface area contributed by atoms with E-state index >= 15 is 0 Å². The van der Waals surface area contributed by atoms with Gasteiger partial charge in [0.1, 0.15) is 5.54 Å². The highest BCUT2D eigenvalue weighted by Crippen LogP contribution is 2.31. The molecule has 2 rings (SSSR count). The van der Waals surface area contributed by atoms with Crippen LogP contribution in [-0.2, 0) is 9.59 Å². The van der Waals surface area contributed by atoms with E-state index in [4.69, 9.17) is 9.47 Å². The van der Waals surface area contributed by atoms with Crippen LogP contribution in [0.15, 0.2) is 18.2 Å². The first-order chi connectivity index (χ1) is 14.9. The maximum absolute atomic E-state index is 13.1. The molecule has 7 nitrogen and oxygen atoms in total. The Morgan fingerprint density at radius 1 is 1.06 bits per heavy atom. The van der Waals surface area contributed by atoms with Crippen LogP contribution in [0.5, 0.6) is 11.5 Å². The molecule has 1 saturated carbocycles. The minimum atomic E-state index is -0.770. The molecule has 1 aromatic carbocycles. The Balaban J connectivity index is 1.91. The van der Waals surface area contributed by atoms with Crippen LogP contribution in [0.2, 0.25) is 0 Å². The van der Waals surface area contributed by atoms with Crippen LogP contribution in [0, 0.1) is 0 Å². The Morgan fingerprint density at radius 2 is 1.74 bits per heavy atom. The van der Waals surface area contributed by atoms with Crippen molar-refractivity contribution in [2.45, 2.75) is 71.3 Å². The van der Waals surface area contributed by atoms with Gasteiger partial charge in [0, 0.05) is 25.1 Å². The van der Waals surface area contributed by atoms with Crippen molar-refractivity contribution in [3.63, 3.8) is 0 Å². The maximum atomic E-state index is 13.1. The van der Waals surface area contributed by atoms with E-state index in [1.54, 1.807) is 18.2 Å². The number of carbonyl (C=O) groups excluding carboxylic acids is 3. The molecule has 0 heterocycles. The quantitative estimate of drug-likeness (QED) is 0.425. The normalized spacial score (nSPS) is 15.1. The lowest BCUT2D eigenvalue weighted by Crippen LogP contribution is -2.60. The van der Waals surface area contributed by atoms with Gasteiger partial charge < -0.3 is 19.7 Å². The molecule has 1 N–H and O–H groups in total. The topological polar surface area (TPSA) is 84.9 Å². The number of hydrogen-bond acceptors (Lipinski definition) is 5. The molecule has 0 atom stereocenters. The number of Topliss-reactive ketones (excluding diaryl/α,β-unsaturated/α-hetero) is 1. The molecule has 1 fully saturated rings.